The van der Waals surface area contributed by atoms with Crippen LogP contribution in [0.25, 0.3) is 0 Å². The molecule has 0 saturated carbocycles. The molecule has 0 atom stereocenters. The van der Waals surface area contributed by atoms with Gasteiger partial charge in [-0.1, -0.05) is 0 Å². The molecular formula is C13H11Br2NOS2. The smallest absolute Gasteiger partial charge is 0.178 e. The molecule has 3 rings (SSSR count). The maximum Gasteiger partial charge on any atom is 0.178 e. The lowest BCUT2D eigenvalue weighted by atomic mass is 10.1. The SMILES string of the molecule is O=C(CN1CCc2sccc2C1)c1cc(Br)sc1Br. The number of rotatable bonds is 3. The van der Waals surface area contributed by atoms with Gasteiger partial charge in [-0.05, 0) is 61.4 Å². The highest BCUT2D eigenvalue weighted by Crippen LogP contribution is 2.32. The van der Waals surface area contributed by atoms with Gasteiger partial charge >= 0.3 is 0 Å². The van der Waals surface area contributed by atoms with Crippen molar-refractivity contribution in [2.45, 2.75) is 13.0 Å². The molecule has 100 valence electrons. The Morgan fingerprint density at radius 1 is 1.42 bits per heavy atom. The van der Waals surface area contributed by atoms with Gasteiger partial charge in [-0.15, -0.1) is 22.7 Å². The van der Waals surface area contributed by atoms with E-state index < -0.39 is 0 Å². The van der Waals surface area contributed by atoms with Crippen molar-refractivity contribution in [2.24, 2.45) is 0 Å². The number of nitrogens with zero attached hydrogens (tertiary/aromatic N) is 1. The largest absolute Gasteiger partial charge is 0.293 e. The Bertz CT molecular complexity index is 620. The first-order valence-electron chi connectivity index (χ1n) is 5.89. The van der Waals surface area contributed by atoms with Gasteiger partial charge in [0.25, 0.3) is 0 Å². The zero-order valence-corrected chi connectivity index (χ0v) is 14.8. The fraction of sp³-hybridized carbons (Fsp3) is 0.308. The number of hydrogen-bond donors (Lipinski definition) is 0. The highest BCUT2D eigenvalue weighted by Gasteiger charge is 2.21. The van der Waals surface area contributed by atoms with E-state index in [1.54, 1.807) is 11.3 Å². The van der Waals surface area contributed by atoms with E-state index in [2.05, 4.69) is 48.2 Å². The van der Waals surface area contributed by atoms with Crippen LogP contribution in [-0.4, -0.2) is 23.8 Å². The third kappa shape index (κ3) is 3.03. The number of carbonyl (C=O) groups excluding carboxylic acids is 1. The molecule has 0 radical (unpaired) electrons. The van der Waals surface area contributed by atoms with E-state index in [1.165, 1.54) is 10.4 Å². The number of halogens is 2. The van der Waals surface area contributed by atoms with E-state index in [0.29, 0.717) is 6.54 Å². The number of hydrogen-bond acceptors (Lipinski definition) is 4. The van der Waals surface area contributed by atoms with E-state index in [1.807, 2.05) is 17.4 Å². The molecule has 0 spiro atoms. The number of ketones is 1. The molecule has 0 amide bonds. The quantitative estimate of drug-likeness (QED) is 0.677. The number of carbonyl (C=O) groups is 1. The van der Waals surface area contributed by atoms with Crippen molar-refractivity contribution in [1.29, 1.82) is 0 Å². The van der Waals surface area contributed by atoms with Crippen LogP contribution in [0.2, 0.25) is 0 Å². The van der Waals surface area contributed by atoms with E-state index in [9.17, 15) is 4.79 Å². The minimum absolute atomic E-state index is 0.188. The topological polar surface area (TPSA) is 20.3 Å². The van der Waals surface area contributed by atoms with Gasteiger partial charge in [0.1, 0.15) is 0 Å². The molecule has 2 aromatic rings. The van der Waals surface area contributed by atoms with Crippen molar-refractivity contribution in [3.8, 4) is 0 Å². The first-order chi connectivity index (χ1) is 9.13. The predicted octanol–water partition coefficient (Wildman–Crippen LogP) is 4.58. The summed E-state index contributed by atoms with van der Waals surface area (Å²) in [6.07, 6.45) is 1.06. The molecular weight excluding hydrogens is 410 g/mol. The molecule has 0 unspecified atom stereocenters. The maximum atomic E-state index is 12.3. The van der Waals surface area contributed by atoms with Gasteiger partial charge in [0.15, 0.2) is 5.78 Å². The summed E-state index contributed by atoms with van der Waals surface area (Å²) in [5, 5.41) is 2.14. The summed E-state index contributed by atoms with van der Waals surface area (Å²) in [7, 11) is 0. The zero-order valence-electron chi connectivity index (χ0n) is 9.99. The van der Waals surface area contributed by atoms with Crippen LogP contribution in [0.3, 0.4) is 0 Å². The Labute approximate surface area is 136 Å². The number of fused-ring (bicyclic) bond motifs is 1. The van der Waals surface area contributed by atoms with E-state index in [-0.39, 0.29) is 5.78 Å². The predicted molar refractivity (Wildman–Crippen MR) is 87.3 cm³/mol. The second kappa shape index (κ2) is 5.77. The average Bonchev–Trinajstić information content (AvgIpc) is 2.94. The molecule has 0 fully saturated rings. The maximum absolute atomic E-state index is 12.3. The molecule has 0 aromatic carbocycles. The average molecular weight is 421 g/mol. The van der Waals surface area contributed by atoms with Crippen LogP contribution in [0.5, 0.6) is 0 Å². The van der Waals surface area contributed by atoms with Crippen LogP contribution in [0.15, 0.2) is 25.1 Å². The van der Waals surface area contributed by atoms with Crippen LogP contribution in [-0.2, 0) is 13.0 Å². The summed E-state index contributed by atoms with van der Waals surface area (Å²) in [5.41, 5.74) is 2.17. The van der Waals surface area contributed by atoms with E-state index in [0.717, 1.165) is 32.6 Å². The highest BCUT2D eigenvalue weighted by molar-refractivity contribution is 9.12. The van der Waals surface area contributed by atoms with Gasteiger partial charge in [-0.3, -0.25) is 9.69 Å². The standard InChI is InChI=1S/C13H11Br2NOS2/c14-12-5-9(13(15)19-12)10(17)7-16-3-1-11-8(6-16)2-4-18-11/h2,4-5H,1,3,6-7H2. The minimum atomic E-state index is 0.188. The fourth-order valence-corrected chi connectivity index (χ4v) is 6.01. The van der Waals surface area contributed by atoms with Crippen molar-refractivity contribution >= 4 is 60.3 Å². The summed E-state index contributed by atoms with van der Waals surface area (Å²) in [6, 6.07) is 4.07. The Kier molecular flexibility index (Phi) is 4.24. The summed E-state index contributed by atoms with van der Waals surface area (Å²) in [6.45, 7) is 2.37. The molecule has 1 aliphatic rings. The number of thiophene rings is 2. The third-order valence-corrected chi connectivity index (χ3v) is 6.57. The van der Waals surface area contributed by atoms with Gasteiger partial charge in [-0.2, -0.15) is 0 Å². The van der Waals surface area contributed by atoms with Gasteiger partial charge in [0.2, 0.25) is 0 Å². The van der Waals surface area contributed by atoms with Gasteiger partial charge < -0.3 is 0 Å². The van der Waals surface area contributed by atoms with Gasteiger partial charge in [0, 0.05) is 23.5 Å². The minimum Gasteiger partial charge on any atom is -0.293 e. The molecule has 1 aliphatic heterocycles. The lowest BCUT2D eigenvalue weighted by Gasteiger charge is -2.25. The molecule has 2 nitrogen and oxygen atoms in total. The molecule has 0 saturated heterocycles. The second-order valence-corrected chi connectivity index (χ2v) is 9.24. The van der Waals surface area contributed by atoms with Crippen molar-refractivity contribution in [1.82, 2.24) is 4.90 Å². The Hall–Kier alpha value is -0.0100. The molecule has 2 aromatic heterocycles. The molecule has 0 bridgehead atoms. The van der Waals surface area contributed by atoms with Crippen LogP contribution in [0, 0.1) is 0 Å². The van der Waals surface area contributed by atoms with Crippen LogP contribution < -0.4 is 0 Å². The first-order valence-corrected chi connectivity index (χ1v) is 9.17. The van der Waals surface area contributed by atoms with E-state index >= 15 is 0 Å². The summed E-state index contributed by atoms with van der Waals surface area (Å²) in [5.74, 6) is 0.188. The highest BCUT2D eigenvalue weighted by atomic mass is 79.9. The Morgan fingerprint density at radius 3 is 3.00 bits per heavy atom. The summed E-state index contributed by atoms with van der Waals surface area (Å²) >= 11 is 10.2. The monoisotopic (exact) mass is 419 g/mol. The van der Waals surface area contributed by atoms with Crippen molar-refractivity contribution < 1.29 is 4.79 Å². The van der Waals surface area contributed by atoms with Gasteiger partial charge in [0.05, 0.1) is 14.1 Å². The summed E-state index contributed by atoms with van der Waals surface area (Å²) < 4.78 is 1.90. The normalized spacial score (nSPS) is 15.5. The lowest BCUT2D eigenvalue weighted by molar-refractivity contribution is 0.0922. The molecule has 3 heterocycles. The number of Topliss-reactive ketones (excluding diaryl/α,β-unsaturated/α-hetero) is 1. The second-order valence-electron chi connectivity index (χ2n) is 4.49. The molecule has 0 N–H and O–H groups in total. The van der Waals surface area contributed by atoms with E-state index in [4.69, 9.17) is 0 Å². The third-order valence-electron chi connectivity index (χ3n) is 3.21. The van der Waals surface area contributed by atoms with Crippen molar-refractivity contribution in [3.63, 3.8) is 0 Å². The lowest BCUT2D eigenvalue weighted by Crippen LogP contribution is -2.34. The van der Waals surface area contributed by atoms with Gasteiger partial charge in [-0.25, -0.2) is 0 Å². The Balaban J connectivity index is 1.70. The molecule has 19 heavy (non-hydrogen) atoms. The Morgan fingerprint density at radius 2 is 2.26 bits per heavy atom. The van der Waals surface area contributed by atoms with Crippen LogP contribution in [0.1, 0.15) is 20.8 Å². The van der Waals surface area contributed by atoms with Crippen molar-refractivity contribution in [2.75, 3.05) is 13.1 Å². The fourth-order valence-electron chi connectivity index (χ4n) is 2.26. The molecule has 6 heteroatoms. The zero-order chi connectivity index (χ0) is 13.4. The van der Waals surface area contributed by atoms with Crippen LogP contribution >= 0.6 is 54.5 Å². The van der Waals surface area contributed by atoms with Crippen molar-refractivity contribution in [3.05, 3.63) is 41.1 Å². The van der Waals surface area contributed by atoms with Crippen LogP contribution in [0.4, 0.5) is 0 Å². The summed E-state index contributed by atoms with van der Waals surface area (Å²) in [4.78, 5) is 16.0. The molecule has 0 aliphatic carbocycles. The first kappa shape index (κ1) is 13.9.